The molecule has 1 aromatic carbocycles. The van der Waals surface area contributed by atoms with Crippen LogP contribution in [0, 0.1) is 0 Å². The van der Waals surface area contributed by atoms with Crippen LogP contribution in [0.3, 0.4) is 0 Å². The number of nitrogens with zero attached hydrogens (tertiary/aromatic N) is 1. The highest BCUT2D eigenvalue weighted by atomic mass is 19.4. The molecule has 0 unspecified atom stereocenters. The van der Waals surface area contributed by atoms with Crippen molar-refractivity contribution in [1.29, 1.82) is 0 Å². The van der Waals surface area contributed by atoms with Crippen LogP contribution in [0.2, 0.25) is 0 Å². The molecular formula is C12H12F3NO. The molecule has 1 aromatic rings. The van der Waals surface area contributed by atoms with E-state index >= 15 is 0 Å². The van der Waals surface area contributed by atoms with Gasteiger partial charge < -0.3 is 4.90 Å². The third-order valence-corrected chi connectivity index (χ3v) is 2.05. The molecular weight excluding hydrogens is 231 g/mol. The molecule has 92 valence electrons. The number of carbonyl (C=O) groups excluding carboxylic acids is 1. The van der Waals surface area contributed by atoms with Gasteiger partial charge in [0.2, 0.25) is 0 Å². The number of aldehydes is 1. The first-order valence-electron chi connectivity index (χ1n) is 4.85. The van der Waals surface area contributed by atoms with E-state index in [2.05, 4.69) is 0 Å². The van der Waals surface area contributed by atoms with Gasteiger partial charge in [-0.05, 0) is 17.7 Å². The van der Waals surface area contributed by atoms with E-state index in [1.807, 2.05) is 0 Å². The highest BCUT2D eigenvalue weighted by molar-refractivity contribution is 6.06. The van der Waals surface area contributed by atoms with Crippen LogP contribution in [0.5, 0.6) is 0 Å². The Bertz CT molecular complexity index is 436. The summed E-state index contributed by atoms with van der Waals surface area (Å²) in [5.41, 5.74) is -0.300. The first-order valence-corrected chi connectivity index (χ1v) is 4.85. The molecule has 0 amide bonds. The average Bonchev–Trinajstić information content (AvgIpc) is 2.24. The number of carbonyl (C=O) groups is 1. The molecule has 0 aromatic heterocycles. The first kappa shape index (κ1) is 13.3. The van der Waals surface area contributed by atoms with Crippen LogP contribution in [0.4, 0.5) is 13.2 Å². The Labute approximate surface area is 97.3 Å². The minimum Gasteiger partial charge on any atom is -0.383 e. The van der Waals surface area contributed by atoms with Crippen molar-refractivity contribution in [3.63, 3.8) is 0 Å². The standard InChI is InChI=1S/C12H12F3NO/c1-16(2)7-10(8-17)9-4-3-5-11(6-9)12(13,14)15/h3-8H,1-2H3/b10-7+. The van der Waals surface area contributed by atoms with Gasteiger partial charge in [0.25, 0.3) is 0 Å². The molecule has 0 heterocycles. The fraction of sp³-hybridized carbons (Fsp3) is 0.250. The fourth-order valence-electron chi connectivity index (χ4n) is 1.33. The average molecular weight is 243 g/mol. The Morgan fingerprint density at radius 2 is 1.94 bits per heavy atom. The molecule has 0 N–H and O–H groups in total. The van der Waals surface area contributed by atoms with Crippen molar-refractivity contribution >= 4 is 11.9 Å². The third-order valence-electron chi connectivity index (χ3n) is 2.05. The topological polar surface area (TPSA) is 20.3 Å². The van der Waals surface area contributed by atoms with E-state index in [4.69, 9.17) is 0 Å². The summed E-state index contributed by atoms with van der Waals surface area (Å²) in [6.45, 7) is 0. The van der Waals surface area contributed by atoms with Crippen LogP contribution in [-0.4, -0.2) is 25.3 Å². The van der Waals surface area contributed by atoms with Crippen molar-refractivity contribution < 1.29 is 18.0 Å². The van der Waals surface area contributed by atoms with E-state index < -0.39 is 11.7 Å². The van der Waals surface area contributed by atoms with Gasteiger partial charge in [-0.15, -0.1) is 0 Å². The molecule has 0 aliphatic carbocycles. The van der Waals surface area contributed by atoms with E-state index in [0.29, 0.717) is 6.29 Å². The van der Waals surface area contributed by atoms with E-state index in [-0.39, 0.29) is 11.1 Å². The van der Waals surface area contributed by atoms with Crippen LogP contribution < -0.4 is 0 Å². The van der Waals surface area contributed by atoms with E-state index in [1.54, 1.807) is 19.0 Å². The smallest absolute Gasteiger partial charge is 0.383 e. The summed E-state index contributed by atoms with van der Waals surface area (Å²) < 4.78 is 37.4. The molecule has 2 nitrogen and oxygen atoms in total. The zero-order valence-electron chi connectivity index (χ0n) is 9.45. The van der Waals surface area contributed by atoms with Gasteiger partial charge in [0.15, 0.2) is 6.29 Å². The lowest BCUT2D eigenvalue weighted by Gasteiger charge is -2.10. The Kier molecular flexibility index (Phi) is 3.93. The zero-order chi connectivity index (χ0) is 13.1. The molecule has 0 bridgehead atoms. The molecule has 17 heavy (non-hydrogen) atoms. The predicted octanol–water partition coefficient (Wildman–Crippen LogP) is 2.81. The molecule has 0 radical (unpaired) electrons. The van der Waals surface area contributed by atoms with Gasteiger partial charge in [-0.25, -0.2) is 0 Å². The van der Waals surface area contributed by atoms with Gasteiger partial charge in [-0.1, -0.05) is 12.1 Å². The molecule has 5 heteroatoms. The lowest BCUT2D eigenvalue weighted by molar-refractivity contribution is -0.137. The monoisotopic (exact) mass is 243 g/mol. The van der Waals surface area contributed by atoms with Gasteiger partial charge >= 0.3 is 6.18 Å². The van der Waals surface area contributed by atoms with Crippen molar-refractivity contribution in [2.75, 3.05) is 14.1 Å². The molecule has 0 aliphatic heterocycles. The highest BCUT2D eigenvalue weighted by Crippen LogP contribution is 2.30. The minimum atomic E-state index is -4.40. The Morgan fingerprint density at radius 1 is 1.29 bits per heavy atom. The van der Waals surface area contributed by atoms with Crippen molar-refractivity contribution in [2.45, 2.75) is 6.18 Å². The fourth-order valence-corrected chi connectivity index (χ4v) is 1.33. The third kappa shape index (κ3) is 3.62. The Hall–Kier alpha value is -1.78. The zero-order valence-corrected chi connectivity index (χ0v) is 9.45. The molecule has 0 fully saturated rings. The maximum atomic E-state index is 12.5. The number of benzene rings is 1. The lowest BCUT2D eigenvalue weighted by Crippen LogP contribution is -2.06. The first-order chi connectivity index (χ1) is 7.84. The summed E-state index contributed by atoms with van der Waals surface area (Å²) in [5.74, 6) is 0. The number of halogens is 3. The van der Waals surface area contributed by atoms with Gasteiger partial charge in [0.05, 0.1) is 5.56 Å². The normalized spacial score (nSPS) is 12.4. The SMILES string of the molecule is CN(C)/C=C(\C=O)c1cccc(C(F)(F)F)c1. The van der Waals surface area contributed by atoms with Gasteiger partial charge in [-0.2, -0.15) is 13.2 Å². The summed E-state index contributed by atoms with van der Waals surface area (Å²) in [7, 11) is 3.38. The van der Waals surface area contributed by atoms with Crippen molar-refractivity contribution in [3.05, 3.63) is 41.6 Å². The van der Waals surface area contributed by atoms with Gasteiger partial charge in [-0.3, -0.25) is 4.79 Å². The van der Waals surface area contributed by atoms with E-state index in [0.717, 1.165) is 12.1 Å². The maximum absolute atomic E-state index is 12.5. The number of hydrogen-bond acceptors (Lipinski definition) is 2. The van der Waals surface area contributed by atoms with Gasteiger partial charge in [0, 0.05) is 25.9 Å². The van der Waals surface area contributed by atoms with Gasteiger partial charge in [0.1, 0.15) is 0 Å². The van der Waals surface area contributed by atoms with Crippen LogP contribution in [0.15, 0.2) is 30.5 Å². The summed E-state index contributed by atoms with van der Waals surface area (Å²) in [6, 6.07) is 4.69. The second kappa shape index (κ2) is 5.03. The predicted molar refractivity (Wildman–Crippen MR) is 59.2 cm³/mol. The number of allylic oxidation sites excluding steroid dienone is 1. The minimum absolute atomic E-state index is 0.209. The van der Waals surface area contributed by atoms with E-state index in [1.165, 1.54) is 18.3 Å². The van der Waals surface area contributed by atoms with Crippen molar-refractivity contribution in [2.24, 2.45) is 0 Å². The quantitative estimate of drug-likeness (QED) is 0.601. The van der Waals surface area contributed by atoms with E-state index in [9.17, 15) is 18.0 Å². The summed E-state index contributed by atoms with van der Waals surface area (Å²) in [4.78, 5) is 12.4. The Balaban J connectivity index is 3.19. The Morgan fingerprint density at radius 3 is 2.41 bits per heavy atom. The second-order valence-electron chi connectivity index (χ2n) is 3.74. The number of rotatable bonds is 3. The number of hydrogen-bond donors (Lipinski definition) is 0. The largest absolute Gasteiger partial charge is 0.416 e. The molecule has 0 spiro atoms. The summed E-state index contributed by atoms with van der Waals surface area (Å²) >= 11 is 0. The highest BCUT2D eigenvalue weighted by Gasteiger charge is 2.30. The molecule has 0 aliphatic rings. The van der Waals surface area contributed by atoms with Crippen LogP contribution in [-0.2, 0) is 11.0 Å². The molecule has 0 saturated heterocycles. The van der Waals surface area contributed by atoms with Crippen LogP contribution in [0.1, 0.15) is 11.1 Å². The summed E-state index contributed by atoms with van der Waals surface area (Å²) in [6.07, 6.45) is -2.39. The molecule has 0 atom stereocenters. The number of alkyl halides is 3. The van der Waals surface area contributed by atoms with Crippen molar-refractivity contribution in [1.82, 2.24) is 4.90 Å². The van der Waals surface area contributed by atoms with Crippen molar-refractivity contribution in [3.8, 4) is 0 Å². The molecule has 1 rings (SSSR count). The molecule has 0 saturated carbocycles. The maximum Gasteiger partial charge on any atom is 0.416 e. The van der Waals surface area contributed by atoms with Crippen LogP contribution in [0.25, 0.3) is 5.57 Å². The van der Waals surface area contributed by atoms with Crippen LogP contribution >= 0.6 is 0 Å². The summed E-state index contributed by atoms with van der Waals surface area (Å²) in [5, 5.41) is 0. The second-order valence-corrected chi connectivity index (χ2v) is 3.74. The lowest BCUT2D eigenvalue weighted by atomic mass is 10.0.